The lowest BCUT2D eigenvalue weighted by molar-refractivity contribution is 1.09. The first kappa shape index (κ1) is 12.0. The standard InChI is InChI=1S/C9H9BrN4.ClH/c1-5-2-6(10)4-12-9(5)7-3-8(11)14-13-7;/h2-4H,1H3,(H3,11,13,14);1H. The number of aryl methyl sites for hydroxylation is 1. The fraction of sp³-hybridized carbons (Fsp3) is 0.111. The van der Waals surface area contributed by atoms with Crippen LogP contribution in [0.2, 0.25) is 0 Å². The lowest BCUT2D eigenvalue weighted by Gasteiger charge is -2.01. The molecule has 4 nitrogen and oxygen atoms in total. The van der Waals surface area contributed by atoms with E-state index in [2.05, 4.69) is 31.1 Å². The predicted octanol–water partition coefficient (Wildman–Crippen LogP) is 2.55. The number of nitrogens with one attached hydrogen (secondary N) is 1. The Morgan fingerprint density at radius 2 is 2.13 bits per heavy atom. The number of hydrogen-bond acceptors (Lipinski definition) is 3. The summed E-state index contributed by atoms with van der Waals surface area (Å²) >= 11 is 3.36. The average molecular weight is 290 g/mol. The average Bonchev–Trinajstić information content (AvgIpc) is 2.51. The van der Waals surface area contributed by atoms with Crippen LogP contribution in [0.4, 0.5) is 5.82 Å². The van der Waals surface area contributed by atoms with Gasteiger partial charge in [0, 0.05) is 16.7 Å². The van der Waals surface area contributed by atoms with Crippen molar-refractivity contribution in [2.45, 2.75) is 6.92 Å². The van der Waals surface area contributed by atoms with Gasteiger partial charge in [0.15, 0.2) is 0 Å². The molecule has 0 fully saturated rings. The highest BCUT2D eigenvalue weighted by Gasteiger charge is 2.06. The van der Waals surface area contributed by atoms with Crippen LogP contribution in [0.3, 0.4) is 0 Å². The number of aromatic nitrogens is 3. The Labute approximate surface area is 102 Å². The minimum Gasteiger partial charge on any atom is -0.382 e. The van der Waals surface area contributed by atoms with Crippen LogP contribution in [0.1, 0.15) is 5.56 Å². The van der Waals surface area contributed by atoms with Gasteiger partial charge in [-0.25, -0.2) is 0 Å². The molecule has 0 saturated heterocycles. The number of hydrogen-bond donors (Lipinski definition) is 2. The van der Waals surface area contributed by atoms with Gasteiger partial charge in [-0.05, 0) is 34.5 Å². The molecule has 3 N–H and O–H groups in total. The fourth-order valence-electron chi connectivity index (χ4n) is 1.28. The molecular formula is C9H10BrClN4. The summed E-state index contributed by atoms with van der Waals surface area (Å²) in [5.74, 6) is 0.476. The van der Waals surface area contributed by atoms with Gasteiger partial charge in [0.2, 0.25) is 0 Å². The molecule has 0 aliphatic carbocycles. The number of halogens is 2. The first-order chi connectivity index (χ1) is 6.66. The van der Waals surface area contributed by atoms with Crippen LogP contribution >= 0.6 is 28.3 Å². The van der Waals surface area contributed by atoms with E-state index in [9.17, 15) is 0 Å². The number of pyridine rings is 1. The summed E-state index contributed by atoms with van der Waals surface area (Å²) in [6, 6.07) is 3.77. The summed E-state index contributed by atoms with van der Waals surface area (Å²) < 4.78 is 0.964. The van der Waals surface area contributed by atoms with Crippen molar-refractivity contribution in [3.63, 3.8) is 0 Å². The van der Waals surface area contributed by atoms with Crippen molar-refractivity contribution < 1.29 is 0 Å². The summed E-state index contributed by atoms with van der Waals surface area (Å²) in [4.78, 5) is 4.29. The second kappa shape index (κ2) is 4.63. The summed E-state index contributed by atoms with van der Waals surface area (Å²) in [6.07, 6.45) is 1.75. The van der Waals surface area contributed by atoms with Crippen LogP contribution in [0, 0.1) is 6.92 Å². The van der Waals surface area contributed by atoms with E-state index in [4.69, 9.17) is 5.73 Å². The molecule has 2 aromatic heterocycles. The third kappa shape index (κ3) is 2.49. The van der Waals surface area contributed by atoms with Crippen molar-refractivity contribution in [3.8, 4) is 11.4 Å². The van der Waals surface area contributed by atoms with Gasteiger partial charge < -0.3 is 5.73 Å². The molecule has 0 saturated carbocycles. The van der Waals surface area contributed by atoms with Gasteiger partial charge in [-0.2, -0.15) is 5.10 Å². The highest BCUT2D eigenvalue weighted by atomic mass is 79.9. The van der Waals surface area contributed by atoms with Crippen molar-refractivity contribution in [3.05, 3.63) is 28.4 Å². The molecular weight excluding hydrogens is 279 g/mol. The third-order valence-corrected chi connectivity index (χ3v) is 2.33. The van der Waals surface area contributed by atoms with Crippen molar-refractivity contribution in [2.24, 2.45) is 0 Å². The number of H-pyrrole nitrogens is 1. The largest absolute Gasteiger partial charge is 0.382 e. The molecule has 0 aliphatic heterocycles. The molecule has 2 aromatic rings. The SMILES string of the molecule is Cc1cc(Br)cnc1-c1cc(N)n[nH]1.Cl. The first-order valence-corrected chi connectivity index (χ1v) is 4.89. The molecule has 0 radical (unpaired) electrons. The molecule has 0 unspecified atom stereocenters. The fourth-order valence-corrected chi connectivity index (χ4v) is 1.73. The number of aromatic amines is 1. The summed E-state index contributed by atoms with van der Waals surface area (Å²) in [7, 11) is 0. The molecule has 0 bridgehead atoms. The molecule has 0 amide bonds. The normalized spacial score (nSPS) is 9.73. The maximum absolute atomic E-state index is 5.52. The van der Waals surface area contributed by atoms with E-state index in [-0.39, 0.29) is 12.4 Å². The predicted molar refractivity (Wildman–Crippen MR) is 65.9 cm³/mol. The monoisotopic (exact) mass is 288 g/mol. The minimum absolute atomic E-state index is 0. The van der Waals surface area contributed by atoms with Gasteiger partial charge in [0.1, 0.15) is 5.82 Å². The lowest BCUT2D eigenvalue weighted by Crippen LogP contribution is -1.88. The van der Waals surface area contributed by atoms with Crippen LogP contribution in [0.25, 0.3) is 11.4 Å². The van der Waals surface area contributed by atoms with Gasteiger partial charge in [-0.3, -0.25) is 10.1 Å². The Bertz CT molecular complexity index is 469. The van der Waals surface area contributed by atoms with Gasteiger partial charge in [-0.1, -0.05) is 0 Å². The number of rotatable bonds is 1. The van der Waals surface area contributed by atoms with Crippen molar-refractivity contribution in [1.29, 1.82) is 0 Å². The Hall–Kier alpha value is -1.07. The van der Waals surface area contributed by atoms with E-state index in [1.54, 1.807) is 12.3 Å². The molecule has 6 heteroatoms. The van der Waals surface area contributed by atoms with E-state index >= 15 is 0 Å². The van der Waals surface area contributed by atoms with Crippen LogP contribution < -0.4 is 5.73 Å². The summed E-state index contributed by atoms with van der Waals surface area (Å²) in [6.45, 7) is 1.99. The molecule has 0 aromatic carbocycles. The first-order valence-electron chi connectivity index (χ1n) is 4.10. The second-order valence-corrected chi connectivity index (χ2v) is 3.94. The van der Waals surface area contributed by atoms with Crippen LogP contribution in [0.15, 0.2) is 22.8 Å². The third-order valence-electron chi connectivity index (χ3n) is 1.90. The molecule has 0 spiro atoms. The van der Waals surface area contributed by atoms with Crippen molar-refractivity contribution in [1.82, 2.24) is 15.2 Å². The highest BCUT2D eigenvalue weighted by molar-refractivity contribution is 9.10. The van der Waals surface area contributed by atoms with Crippen molar-refractivity contribution >= 4 is 34.2 Å². The molecule has 0 aliphatic rings. The molecule has 80 valence electrons. The maximum atomic E-state index is 5.52. The number of nitrogens with zero attached hydrogens (tertiary/aromatic N) is 2. The Morgan fingerprint density at radius 3 is 2.67 bits per heavy atom. The van der Waals surface area contributed by atoms with Crippen LogP contribution in [-0.4, -0.2) is 15.2 Å². The van der Waals surface area contributed by atoms with E-state index in [1.165, 1.54) is 0 Å². The zero-order chi connectivity index (χ0) is 10.1. The van der Waals surface area contributed by atoms with E-state index < -0.39 is 0 Å². The molecule has 2 heterocycles. The highest BCUT2D eigenvalue weighted by Crippen LogP contribution is 2.22. The van der Waals surface area contributed by atoms with E-state index in [0.29, 0.717) is 5.82 Å². The molecule has 15 heavy (non-hydrogen) atoms. The van der Waals surface area contributed by atoms with Crippen LogP contribution in [-0.2, 0) is 0 Å². The van der Waals surface area contributed by atoms with Gasteiger partial charge >= 0.3 is 0 Å². The molecule has 0 atom stereocenters. The molecule has 2 rings (SSSR count). The van der Waals surface area contributed by atoms with Gasteiger partial charge in [0.25, 0.3) is 0 Å². The van der Waals surface area contributed by atoms with Gasteiger partial charge in [0.05, 0.1) is 11.4 Å². The maximum Gasteiger partial charge on any atom is 0.145 e. The van der Waals surface area contributed by atoms with E-state index in [1.807, 2.05) is 13.0 Å². The summed E-state index contributed by atoms with van der Waals surface area (Å²) in [5, 5.41) is 6.69. The minimum atomic E-state index is 0. The van der Waals surface area contributed by atoms with Crippen LogP contribution in [0.5, 0.6) is 0 Å². The zero-order valence-corrected chi connectivity index (χ0v) is 10.4. The topological polar surface area (TPSA) is 67.6 Å². The number of nitrogen functional groups attached to an aromatic ring is 1. The smallest absolute Gasteiger partial charge is 0.145 e. The Kier molecular flexibility index (Phi) is 3.71. The number of nitrogens with two attached hydrogens (primary N) is 1. The number of anilines is 1. The Balaban J connectivity index is 0.00000112. The second-order valence-electron chi connectivity index (χ2n) is 3.03. The quantitative estimate of drug-likeness (QED) is 0.848. The summed E-state index contributed by atoms with van der Waals surface area (Å²) in [5.41, 5.74) is 8.30. The zero-order valence-electron chi connectivity index (χ0n) is 7.99. The van der Waals surface area contributed by atoms with Gasteiger partial charge in [-0.15, -0.1) is 12.4 Å². The van der Waals surface area contributed by atoms with E-state index in [0.717, 1.165) is 21.4 Å². The lowest BCUT2D eigenvalue weighted by atomic mass is 10.2. The van der Waals surface area contributed by atoms with Crippen molar-refractivity contribution in [2.75, 3.05) is 5.73 Å². The Morgan fingerprint density at radius 1 is 1.40 bits per heavy atom.